The Hall–Kier alpha value is -2.86. The van der Waals surface area contributed by atoms with Crippen LogP contribution in [0, 0.1) is 0 Å². The van der Waals surface area contributed by atoms with Crippen molar-refractivity contribution >= 4 is 22.5 Å². The van der Waals surface area contributed by atoms with Crippen LogP contribution >= 0.6 is 0 Å². The predicted octanol–water partition coefficient (Wildman–Crippen LogP) is 2.31. The molecule has 25 heavy (non-hydrogen) atoms. The molecule has 1 unspecified atom stereocenters. The van der Waals surface area contributed by atoms with Crippen LogP contribution in [0.15, 0.2) is 54.7 Å². The molecule has 6 heteroatoms. The van der Waals surface area contributed by atoms with E-state index in [1.165, 1.54) is 0 Å². The summed E-state index contributed by atoms with van der Waals surface area (Å²) in [5.74, 6) is -0.235. The number of nitrogens with zero attached hydrogens (tertiary/aromatic N) is 2. The van der Waals surface area contributed by atoms with Gasteiger partial charge in [-0.3, -0.25) is 9.89 Å². The van der Waals surface area contributed by atoms with Crippen molar-refractivity contribution in [3.8, 4) is 0 Å². The maximum Gasteiger partial charge on any atom is 0.256 e. The van der Waals surface area contributed by atoms with E-state index in [0.717, 1.165) is 23.0 Å². The molecule has 1 saturated heterocycles. The third kappa shape index (κ3) is 3.21. The topological polar surface area (TPSA) is 81.2 Å². The smallest absolute Gasteiger partial charge is 0.256 e. The molecule has 0 radical (unpaired) electrons. The summed E-state index contributed by atoms with van der Waals surface area (Å²) in [4.78, 5) is 14.2. The van der Waals surface area contributed by atoms with Crippen molar-refractivity contribution in [1.29, 1.82) is 0 Å². The quantitative estimate of drug-likeness (QED) is 0.683. The highest BCUT2D eigenvalue weighted by molar-refractivity contribution is 5.83. The fourth-order valence-corrected chi connectivity index (χ4v) is 3.30. The average Bonchev–Trinajstić information content (AvgIpc) is 3.30. The SMILES string of the molecule is O=C([C@H](O)c1ccccc1)N1CCC(Nc2ccc3[nH]ncc3c2)C1. The summed E-state index contributed by atoms with van der Waals surface area (Å²) in [5.41, 5.74) is 2.64. The number of fused-ring (bicyclic) bond motifs is 1. The number of carbonyl (C=O) groups excluding carboxylic acids is 1. The van der Waals surface area contributed by atoms with Crippen LogP contribution < -0.4 is 5.32 Å². The van der Waals surface area contributed by atoms with Crippen molar-refractivity contribution in [2.45, 2.75) is 18.6 Å². The van der Waals surface area contributed by atoms with E-state index in [-0.39, 0.29) is 11.9 Å². The molecule has 1 aliphatic rings. The number of H-pyrrole nitrogens is 1. The van der Waals surface area contributed by atoms with Crippen LogP contribution in [0.5, 0.6) is 0 Å². The third-order valence-electron chi connectivity index (χ3n) is 4.66. The standard InChI is InChI=1S/C19H20N4O2/c24-18(13-4-2-1-3-5-13)19(25)23-9-8-16(12-23)21-15-6-7-17-14(10-15)11-20-22-17/h1-7,10-11,16,18,21,24H,8-9,12H2,(H,20,22)/t16?,18-/m1/s1. The Morgan fingerprint density at radius 2 is 2.12 bits per heavy atom. The van der Waals surface area contributed by atoms with E-state index in [1.807, 2.05) is 36.4 Å². The molecule has 2 atom stereocenters. The zero-order chi connectivity index (χ0) is 17.2. The minimum atomic E-state index is -1.10. The van der Waals surface area contributed by atoms with Gasteiger partial charge in [0.15, 0.2) is 6.10 Å². The Bertz CT molecular complexity index is 877. The van der Waals surface area contributed by atoms with Crippen LogP contribution in [0.25, 0.3) is 10.9 Å². The van der Waals surface area contributed by atoms with Gasteiger partial charge in [-0.05, 0) is 30.2 Å². The van der Waals surface area contributed by atoms with E-state index < -0.39 is 6.10 Å². The van der Waals surface area contributed by atoms with Crippen LogP contribution in [0.1, 0.15) is 18.1 Å². The molecule has 1 fully saturated rings. The number of benzene rings is 2. The molecule has 1 aliphatic heterocycles. The number of carbonyl (C=O) groups is 1. The number of rotatable bonds is 4. The van der Waals surface area contributed by atoms with Gasteiger partial charge in [0.25, 0.3) is 5.91 Å². The van der Waals surface area contributed by atoms with E-state index in [4.69, 9.17) is 0 Å². The van der Waals surface area contributed by atoms with Gasteiger partial charge in [-0.15, -0.1) is 0 Å². The van der Waals surface area contributed by atoms with Crippen molar-refractivity contribution < 1.29 is 9.90 Å². The molecule has 128 valence electrons. The van der Waals surface area contributed by atoms with Crippen LogP contribution in [-0.2, 0) is 4.79 Å². The number of aliphatic hydroxyl groups excluding tert-OH is 1. The maximum absolute atomic E-state index is 12.5. The number of aromatic amines is 1. The van der Waals surface area contributed by atoms with E-state index >= 15 is 0 Å². The second-order valence-corrected chi connectivity index (χ2v) is 6.40. The first-order valence-electron chi connectivity index (χ1n) is 8.42. The normalized spacial score (nSPS) is 18.4. The average molecular weight is 336 g/mol. The Morgan fingerprint density at radius 1 is 1.28 bits per heavy atom. The maximum atomic E-state index is 12.5. The first-order chi connectivity index (χ1) is 12.2. The number of aromatic nitrogens is 2. The number of nitrogens with one attached hydrogen (secondary N) is 2. The summed E-state index contributed by atoms with van der Waals surface area (Å²) in [6.45, 7) is 1.24. The predicted molar refractivity (Wildman–Crippen MR) is 96.1 cm³/mol. The number of hydrogen-bond acceptors (Lipinski definition) is 4. The second-order valence-electron chi connectivity index (χ2n) is 6.40. The lowest BCUT2D eigenvalue weighted by atomic mass is 10.1. The molecule has 2 heterocycles. The van der Waals surface area contributed by atoms with Crippen molar-refractivity contribution in [3.05, 3.63) is 60.3 Å². The van der Waals surface area contributed by atoms with Gasteiger partial charge >= 0.3 is 0 Å². The lowest BCUT2D eigenvalue weighted by molar-refractivity contribution is -0.139. The van der Waals surface area contributed by atoms with E-state index in [0.29, 0.717) is 18.7 Å². The molecule has 2 aromatic carbocycles. The van der Waals surface area contributed by atoms with Gasteiger partial charge in [0.05, 0.1) is 11.7 Å². The molecular formula is C19H20N4O2. The lowest BCUT2D eigenvalue weighted by Crippen LogP contribution is -2.35. The minimum Gasteiger partial charge on any atom is -0.380 e. The lowest BCUT2D eigenvalue weighted by Gasteiger charge is -2.21. The number of amides is 1. The van der Waals surface area contributed by atoms with Crippen LogP contribution in [-0.4, -0.2) is 45.2 Å². The summed E-state index contributed by atoms with van der Waals surface area (Å²) >= 11 is 0. The molecule has 4 rings (SSSR count). The first kappa shape index (κ1) is 15.7. The molecule has 0 saturated carbocycles. The van der Waals surface area contributed by atoms with E-state index in [1.54, 1.807) is 23.2 Å². The third-order valence-corrected chi connectivity index (χ3v) is 4.66. The van der Waals surface area contributed by atoms with Gasteiger partial charge in [-0.1, -0.05) is 30.3 Å². The Morgan fingerprint density at radius 3 is 2.96 bits per heavy atom. The molecule has 0 aliphatic carbocycles. The number of hydrogen-bond donors (Lipinski definition) is 3. The van der Waals surface area contributed by atoms with E-state index in [2.05, 4.69) is 15.5 Å². The zero-order valence-electron chi connectivity index (χ0n) is 13.7. The minimum absolute atomic E-state index is 0.177. The number of likely N-dealkylation sites (tertiary alicyclic amines) is 1. The Kier molecular flexibility index (Phi) is 4.11. The number of aliphatic hydroxyl groups is 1. The van der Waals surface area contributed by atoms with Gasteiger partial charge in [-0.2, -0.15) is 5.10 Å². The summed E-state index contributed by atoms with van der Waals surface area (Å²) in [7, 11) is 0. The van der Waals surface area contributed by atoms with Gasteiger partial charge < -0.3 is 15.3 Å². The molecule has 3 N–H and O–H groups in total. The monoisotopic (exact) mass is 336 g/mol. The highest BCUT2D eigenvalue weighted by atomic mass is 16.3. The molecule has 1 aromatic heterocycles. The molecular weight excluding hydrogens is 316 g/mol. The highest BCUT2D eigenvalue weighted by Gasteiger charge is 2.30. The van der Waals surface area contributed by atoms with E-state index in [9.17, 15) is 9.90 Å². The second kappa shape index (κ2) is 6.57. The summed E-state index contributed by atoms with van der Waals surface area (Å²) in [6.07, 6.45) is 1.56. The first-order valence-corrected chi connectivity index (χ1v) is 8.42. The largest absolute Gasteiger partial charge is 0.380 e. The van der Waals surface area contributed by atoms with Crippen molar-refractivity contribution in [1.82, 2.24) is 15.1 Å². The summed E-state index contributed by atoms with van der Waals surface area (Å²) in [6, 6.07) is 15.3. The fourth-order valence-electron chi connectivity index (χ4n) is 3.30. The van der Waals surface area contributed by atoms with Crippen LogP contribution in [0.4, 0.5) is 5.69 Å². The summed E-state index contributed by atoms with van der Waals surface area (Å²) in [5, 5.41) is 21.8. The molecule has 3 aromatic rings. The van der Waals surface area contributed by atoms with Gasteiger partial charge in [0.1, 0.15) is 0 Å². The molecule has 0 spiro atoms. The molecule has 1 amide bonds. The van der Waals surface area contributed by atoms with Gasteiger partial charge in [0, 0.05) is 30.2 Å². The van der Waals surface area contributed by atoms with Crippen LogP contribution in [0.2, 0.25) is 0 Å². The fraction of sp³-hybridized carbons (Fsp3) is 0.263. The van der Waals surface area contributed by atoms with Gasteiger partial charge in [0.2, 0.25) is 0 Å². The Labute approximate surface area is 145 Å². The number of anilines is 1. The zero-order valence-corrected chi connectivity index (χ0v) is 13.7. The van der Waals surface area contributed by atoms with Crippen molar-refractivity contribution in [2.75, 3.05) is 18.4 Å². The molecule has 6 nitrogen and oxygen atoms in total. The molecule has 0 bridgehead atoms. The van der Waals surface area contributed by atoms with Crippen molar-refractivity contribution in [3.63, 3.8) is 0 Å². The Balaban J connectivity index is 1.39. The van der Waals surface area contributed by atoms with Crippen LogP contribution in [0.3, 0.4) is 0 Å². The van der Waals surface area contributed by atoms with Crippen molar-refractivity contribution in [2.24, 2.45) is 0 Å². The highest BCUT2D eigenvalue weighted by Crippen LogP contribution is 2.23. The van der Waals surface area contributed by atoms with Gasteiger partial charge in [-0.25, -0.2) is 0 Å². The summed E-state index contributed by atoms with van der Waals surface area (Å²) < 4.78 is 0.